The Morgan fingerprint density at radius 2 is 2.09 bits per heavy atom. The monoisotopic (exact) mass is 452 g/mol. The highest BCUT2D eigenvalue weighted by Gasteiger charge is 2.11. The molecule has 0 saturated heterocycles. The molecule has 8 heteroatoms. The Hall–Kier alpha value is -2.94. The average Bonchev–Trinajstić information content (AvgIpc) is 3.26. The van der Waals surface area contributed by atoms with Crippen LogP contribution in [-0.4, -0.2) is 55.4 Å². The molecule has 1 N–H and O–H groups in total. The fourth-order valence-electron chi connectivity index (χ4n) is 3.33. The molecule has 0 radical (unpaired) electrons. The van der Waals surface area contributed by atoms with Gasteiger partial charge in [0.15, 0.2) is 5.06 Å². The van der Waals surface area contributed by atoms with Gasteiger partial charge in [0.05, 0.1) is 23.8 Å². The van der Waals surface area contributed by atoms with Crippen LogP contribution in [0.3, 0.4) is 0 Å². The summed E-state index contributed by atoms with van der Waals surface area (Å²) < 4.78 is 17.0. The molecule has 0 atom stereocenters. The molecule has 0 unspecified atom stereocenters. The number of aromatic nitrogens is 2. The molecule has 6 bridgehead atoms. The van der Waals surface area contributed by atoms with Crippen LogP contribution in [0.1, 0.15) is 12.0 Å². The number of fused-ring (bicyclic) bond motifs is 7. The van der Waals surface area contributed by atoms with Gasteiger partial charge in [-0.3, -0.25) is 4.90 Å². The summed E-state index contributed by atoms with van der Waals surface area (Å²) in [6.45, 7) is 3.29. The number of methoxy groups -OCH3 is 1. The molecule has 0 amide bonds. The Bertz CT molecular complexity index is 1050. The van der Waals surface area contributed by atoms with Gasteiger partial charge in [0.25, 0.3) is 0 Å². The van der Waals surface area contributed by atoms with E-state index >= 15 is 0 Å². The summed E-state index contributed by atoms with van der Waals surface area (Å²) >= 11 is 1.59. The molecule has 0 aliphatic carbocycles. The van der Waals surface area contributed by atoms with Crippen LogP contribution in [0.15, 0.2) is 54.7 Å². The van der Waals surface area contributed by atoms with E-state index in [4.69, 9.17) is 19.2 Å². The Balaban J connectivity index is 1.64. The standard InChI is InChI=1S/C24H28N4O3S/c1-28-12-4-3-5-13-31-23-9-8-22(32-23)20-10-11-25-24(27-20)26-19-6-7-21(18(16-19)17-28)30-15-14-29-2/h3-4,6-11,16H,5,12-15,17H2,1-2H3,(H,25,26,27)/b4-3+. The first-order valence-corrected chi connectivity index (χ1v) is 11.4. The van der Waals surface area contributed by atoms with E-state index in [0.29, 0.717) is 25.8 Å². The van der Waals surface area contributed by atoms with E-state index in [0.717, 1.165) is 52.1 Å². The summed E-state index contributed by atoms with van der Waals surface area (Å²) in [5.41, 5.74) is 2.87. The number of nitrogens with one attached hydrogen (secondary N) is 1. The number of hydrogen-bond acceptors (Lipinski definition) is 8. The van der Waals surface area contributed by atoms with E-state index in [-0.39, 0.29) is 0 Å². The molecule has 3 aromatic rings. The number of thiophene rings is 1. The summed E-state index contributed by atoms with van der Waals surface area (Å²) in [4.78, 5) is 12.4. The maximum Gasteiger partial charge on any atom is 0.227 e. The van der Waals surface area contributed by atoms with Crippen LogP contribution in [0.4, 0.5) is 11.6 Å². The maximum absolute atomic E-state index is 5.96. The Labute approximate surface area is 192 Å². The fraction of sp³-hybridized carbons (Fsp3) is 0.333. The smallest absolute Gasteiger partial charge is 0.227 e. The van der Waals surface area contributed by atoms with Crippen molar-refractivity contribution in [2.24, 2.45) is 0 Å². The number of hydrogen-bond donors (Lipinski definition) is 1. The lowest BCUT2D eigenvalue weighted by atomic mass is 10.1. The fourth-order valence-corrected chi connectivity index (χ4v) is 4.18. The van der Waals surface area contributed by atoms with Gasteiger partial charge in [-0.25, -0.2) is 9.97 Å². The zero-order valence-corrected chi connectivity index (χ0v) is 19.2. The average molecular weight is 453 g/mol. The second kappa shape index (κ2) is 11.1. The SMILES string of the molecule is COCCOc1ccc2cc1CN(C)C/C=C/CCOc1ccc(s1)-c1ccnc(n1)N2. The van der Waals surface area contributed by atoms with Crippen molar-refractivity contribution >= 4 is 23.0 Å². The topological polar surface area (TPSA) is 68.7 Å². The van der Waals surface area contributed by atoms with Crippen molar-refractivity contribution in [3.63, 3.8) is 0 Å². The van der Waals surface area contributed by atoms with Gasteiger partial charge < -0.3 is 19.5 Å². The van der Waals surface area contributed by atoms with Gasteiger partial charge >= 0.3 is 0 Å². The van der Waals surface area contributed by atoms with E-state index in [1.54, 1.807) is 24.6 Å². The lowest BCUT2D eigenvalue weighted by Gasteiger charge is -2.19. The first-order chi connectivity index (χ1) is 15.7. The van der Waals surface area contributed by atoms with Gasteiger partial charge in [0.1, 0.15) is 12.4 Å². The van der Waals surface area contributed by atoms with Gasteiger partial charge in [-0.15, -0.1) is 0 Å². The molecule has 168 valence electrons. The third kappa shape index (κ3) is 6.06. The minimum Gasteiger partial charge on any atom is -0.491 e. The van der Waals surface area contributed by atoms with E-state index in [1.807, 2.05) is 30.3 Å². The summed E-state index contributed by atoms with van der Waals surface area (Å²) in [6.07, 6.45) is 6.98. The minimum absolute atomic E-state index is 0.508. The Morgan fingerprint density at radius 3 is 3.00 bits per heavy atom. The molecule has 1 aliphatic heterocycles. The number of likely N-dealkylation sites (N-methyl/N-ethyl adjacent to an activating group) is 1. The van der Waals surface area contributed by atoms with Crippen molar-refractivity contribution in [2.75, 3.05) is 45.8 Å². The lowest BCUT2D eigenvalue weighted by molar-refractivity contribution is 0.145. The second-order valence-corrected chi connectivity index (χ2v) is 8.52. The molecule has 4 rings (SSSR count). The summed E-state index contributed by atoms with van der Waals surface area (Å²) in [5, 5.41) is 4.23. The molecule has 7 nitrogen and oxygen atoms in total. The normalized spacial score (nSPS) is 15.7. The van der Waals surface area contributed by atoms with Crippen LogP contribution < -0.4 is 14.8 Å². The number of anilines is 2. The number of benzene rings is 1. The quantitative estimate of drug-likeness (QED) is 0.453. The van der Waals surface area contributed by atoms with Crippen LogP contribution in [0.2, 0.25) is 0 Å². The second-order valence-electron chi connectivity index (χ2n) is 7.48. The zero-order valence-electron chi connectivity index (χ0n) is 18.4. The predicted molar refractivity (Wildman–Crippen MR) is 128 cm³/mol. The molecule has 0 fully saturated rings. The molecule has 1 aromatic carbocycles. The molecule has 1 aliphatic rings. The van der Waals surface area contributed by atoms with E-state index in [1.165, 1.54) is 0 Å². The molecule has 0 spiro atoms. The van der Waals surface area contributed by atoms with Crippen molar-refractivity contribution in [1.82, 2.24) is 14.9 Å². The van der Waals surface area contributed by atoms with E-state index in [2.05, 4.69) is 40.5 Å². The maximum atomic E-state index is 5.96. The first kappa shape index (κ1) is 22.3. The summed E-state index contributed by atoms with van der Waals surface area (Å²) in [7, 11) is 3.77. The third-order valence-electron chi connectivity index (χ3n) is 4.90. The summed E-state index contributed by atoms with van der Waals surface area (Å²) in [5.74, 6) is 1.40. The van der Waals surface area contributed by atoms with Crippen molar-refractivity contribution < 1.29 is 14.2 Å². The lowest BCUT2D eigenvalue weighted by Crippen LogP contribution is -2.19. The molecule has 0 saturated carbocycles. The molecule has 2 aromatic heterocycles. The van der Waals surface area contributed by atoms with Gasteiger partial charge in [-0.1, -0.05) is 23.5 Å². The van der Waals surface area contributed by atoms with Crippen molar-refractivity contribution in [1.29, 1.82) is 0 Å². The van der Waals surface area contributed by atoms with Gasteiger partial charge in [-0.2, -0.15) is 0 Å². The van der Waals surface area contributed by atoms with Crippen LogP contribution >= 0.6 is 11.3 Å². The van der Waals surface area contributed by atoms with Crippen LogP contribution in [-0.2, 0) is 11.3 Å². The zero-order chi connectivity index (χ0) is 22.2. The molecular weight excluding hydrogens is 424 g/mol. The number of nitrogens with zero attached hydrogens (tertiary/aromatic N) is 3. The van der Waals surface area contributed by atoms with Crippen molar-refractivity contribution in [2.45, 2.75) is 13.0 Å². The van der Waals surface area contributed by atoms with Crippen molar-refractivity contribution in [3.8, 4) is 21.4 Å². The van der Waals surface area contributed by atoms with E-state index in [9.17, 15) is 0 Å². The Kier molecular flexibility index (Phi) is 7.71. The minimum atomic E-state index is 0.508. The highest BCUT2D eigenvalue weighted by Crippen LogP contribution is 2.33. The van der Waals surface area contributed by atoms with Crippen molar-refractivity contribution in [3.05, 3.63) is 60.3 Å². The summed E-state index contributed by atoms with van der Waals surface area (Å²) in [6, 6.07) is 12.0. The van der Waals surface area contributed by atoms with Gasteiger partial charge in [0, 0.05) is 37.6 Å². The highest BCUT2D eigenvalue weighted by molar-refractivity contribution is 7.17. The predicted octanol–water partition coefficient (Wildman–Crippen LogP) is 4.74. The molecule has 32 heavy (non-hydrogen) atoms. The van der Waals surface area contributed by atoms with Gasteiger partial charge in [0.2, 0.25) is 5.95 Å². The van der Waals surface area contributed by atoms with Crippen LogP contribution in [0, 0.1) is 0 Å². The third-order valence-corrected chi connectivity index (χ3v) is 5.92. The van der Waals surface area contributed by atoms with Gasteiger partial charge in [-0.05, 0) is 49.9 Å². The largest absolute Gasteiger partial charge is 0.491 e. The molecular formula is C24H28N4O3S. The molecule has 3 heterocycles. The van der Waals surface area contributed by atoms with Crippen LogP contribution in [0.25, 0.3) is 10.6 Å². The van der Waals surface area contributed by atoms with E-state index < -0.39 is 0 Å². The first-order valence-electron chi connectivity index (χ1n) is 10.6. The number of ether oxygens (including phenoxy) is 3. The Morgan fingerprint density at radius 1 is 1.16 bits per heavy atom. The highest BCUT2D eigenvalue weighted by atomic mass is 32.1. The number of rotatable bonds is 4. The van der Waals surface area contributed by atoms with Crippen LogP contribution in [0.5, 0.6) is 10.8 Å².